The van der Waals surface area contributed by atoms with Crippen LogP contribution in [0.4, 0.5) is 17.1 Å². The van der Waals surface area contributed by atoms with Crippen molar-refractivity contribution in [1.82, 2.24) is 4.98 Å². The van der Waals surface area contributed by atoms with Gasteiger partial charge in [-0.05, 0) is 43.3 Å². The Morgan fingerprint density at radius 3 is 2.67 bits per heavy atom. The van der Waals surface area contributed by atoms with E-state index in [2.05, 4.69) is 15.6 Å². The maximum atomic E-state index is 12.4. The zero-order valence-corrected chi connectivity index (χ0v) is 16.8. The van der Waals surface area contributed by atoms with Crippen molar-refractivity contribution in [2.75, 3.05) is 10.6 Å². The van der Waals surface area contributed by atoms with E-state index in [0.717, 1.165) is 5.69 Å². The van der Waals surface area contributed by atoms with E-state index in [1.165, 1.54) is 18.2 Å². The van der Waals surface area contributed by atoms with Crippen molar-refractivity contribution in [3.05, 3.63) is 87.7 Å². The summed E-state index contributed by atoms with van der Waals surface area (Å²) in [6.07, 6.45) is 1.68. The molecule has 0 saturated heterocycles. The number of anilines is 2. The van der Waals surface area contributed by atoms with Gasteiger partial charge in [0.15, 0.2) is 0 Å². The number of carbonyl (C=O) groups is 1. The standard InChI is InChI=1S/C21H19ClN4O4/c1-14(21(27)25-18-7-2-3-8-19(18)26(28)29)24-15-9-10-20(17(22)12-15)30-13-16-6-4-5-11-23-16/h2-12,14,24H,13H2,1H3,(H,25,27). The summed E-state index contributed by atoms with van der Waals surface area (Å²) in [4.78, 5) is 27.2. The number of nitro groups is 1. The van der Waals surface area contributed by atoms with Gasteiger partial charge in [0.2, 0.25) is 5.91 Å². The van der Waals surface area contributed by atoms with Crippen LogP contribution in [0.25, 0.3) is 0 Å². The smallest absolute Gasteiger partial charge is 0.292 e. The molecule has 0 aliphatic carbocycles. The first-order valence-corrected chi connectivity index (χ1v) is 9.45. The van der Waals surface area contributed by atoms with Gasteiger partial charge in [-0.25, -0.2) is 0 Å². The van der Waals surface area contributed by atoms with E-state index in [0.29, 0.717) is 16.5 Å². The van der Waals surface area contributed by atoms with Crippen molar-refractivity contribution < 1.29 is 14.5 Å². The van der Waals surface area contributed by atoms with Crippen LogP contribution in [0.15, 0.2) is 66.9 Å². The highest BCUT2D eigenvalue weighted by atomic mass is 35.5. The number of nitro benzene ring substituents is 1. The van der Waals surface area contributed by atoms with E-state index in [1.54, 1.807) is 37.4 Å². The van der Waals surface area contributed by atoms with Crippen LogP contribution in [0, 0.1) is 10.1 Å². The molecule has 9 heteroatoms. The molecule has 0 bridgehead atoms. The molecule has 0 fully saturated rings. The first-order valence-electron chi connectivity index (χ1n) is 9.07. The highest BCUT2D eigenvalue weighted by molar-refractivity contribution is 6.32. The van der Waals surface area contributed by atoms with E-state index in [1.807, 2.05) is 18.2 Å². The molecule has 1 aromatic heterocycles. The number of benzene rings is 2. The molecule has 1 atom stereocenters. The van der Waals surface area contributed by atoms with Crippen molar-refractivity contribution in [2.45, 2.75) is 19.6 Å². The van der Waals surface area contributed by atoms with Crippen molar-refractivity contribution in [3.63, 3.8) is 0 Å². The van der Waals surface area contributed by atoms with Gasteiger partial charge in [0.1, 0.15) is 24.1 Å². The Hall–Kier alpha value is -3.65. The number of hydrogen-bond donors (Lipinski definition) is 2. The number of ether oxygens (including phenoxy) is 1. The fraction of sp³-hybridized carbons (Fsp3) is 0.143. The van der Waals surface area contributed by atoms with Crippen LogP contribution in [0.5, 0.6) is 5.75 Å². The first-order chi connectivity index (χ1) is 14.4. The molecule has 2 N–H and O–H groups in total. The van der Waals surface area contributed by atoms with E-state index >= 15 is 0 Å². The molecule has 0 radical (unpaired) electrons. The fourth-order valence-corrected chi connectivity index (χ4v) is 2.87. The SMILES string of the molecule is CC(Nc1ccc(OCc2ccccn2)c(Cl)c1)C(=O)Nc1ccccc1[N+](=O)[O-]. The summed E-state index contributed by atoms with van der Waals surface area (Å²) in [5.74, 6) is 0.0702. The molecular weight excluding hydrogens is 408 g/mol. The van der Waals surface area contributed by atoms with Crippen LogP contribution >= 0.6 is 11.6 Å². The van der Waals surface area contributed by atoms with Gasteiger partial charge in [0, 0.05) is 18.0 Å². The van der Waals surface area contributed by atoms with Gasteiger partial charge in [-0.3, -0.25) is 19.9 Å². The number of pyridine rings is 1. The number of hydrogen-bond acceptors (Lipinski definition) is 6. The Kier molecular flexibility index (Phi) is 6.82. The summed E-state index contributed by atoms with van der Waals surface area (Å²) >= 11 is 6.28. The maximum absolute atomic E-state index is 12.4. The molecule has 1 heterocycles. The number of nitrogens with one attached hydrogen (secondary N) is 2. The molecule has 3 aromatic rings. The molecule has 30 heavy (non-hydrogen) atoms. The largest absolute Gasteiger partial charge is 0.486 e. The third-order valence-electron chi connectivity index (χ3n) is 4.17. The molecule has 1 unspecified atom stereocenters. The summed E-state index contributed by atoms with van der Waals surface area (Å²) in [5, 5.41) is 17.0. The minimum atomic E-state index is -0.666. The van der Waals surface area contributed by atoms with Gasteiger partial charge >= 0.3 is 0 Å². The van der Waals surface area contributed by atoms with E-state index in [9.17, 15) is 14.9 Å². The maximum Gasteiger partial charge on any atom is 0.292 e. The molecule has 0 saturated carbocycles. The lowest BCUT2D eigenvalue weighted by Crippen LogP contribution is -2.32. The molecule has 0 aliphatic rings. The van der Waals surface area contributed by atoms with Crippen LogP contribution in [0.2, 0.25) is 5.02 Å². The van der Waals surface area contributed by atoms with E-state index in [-0.39, 0.29) is 18.0 Å². The van der Waals surface area contributed by atoms with Crippen molar-refractivity contribution in [1.29, 1.82) is 0 Å². The molecule has 1 amide bonds. The molecule has 2 aromatic carbocycles. The number of aromatic nitrogens is 1. The normalized spacial score (nSPS) is 11.4. The van der Waals surface area contributed by atoms with Gasteiger partial charge < -0.3 is 15.4 Å². The molecular formula is C21H19ClN4O4. The topological polar surface area (TPSA) is 106 Å². The highest BCUT2D eigenvalue weighted by Crippen LogP contribution is 2.29. The molecule has 0 spiro atoms. The quantitative estimate of drug-likeness (QED) is 0.400. The average Bonchev–Trinajstić information content (AvgIpc) is 2.74. The number of halogens is 1. The Labute approximate surface area is 178 Å². The van der Waals surface area contributed by atoms with Crippen LogP contribution in [-0.2, 0) is 11.4 Å². The van der Waals surface area contributed by atoms with Crippen LogP contribution in [0.1, 0.15) is 12.6 Å². The zero-order valence-electron chi connectivity index (χ0n) is 16.0. The Morgan fingerprint density at radius 2 is 1.97 bits per heavy atom. The van der Waals surface area contributed by atoms with Gasteiger partial charge in [-0.2, -0.15) is 0 Å². The van der Waals surface area contributed by atoms with Crippen LogP contribution < -0.4 is 15.4 Å². The van der Waals surface area contributed by atoms with Gasteiger partial charge in [-0.15, -0.1) is 0 Å². The third-order valence-corrected chi connectivity index (χ3v) is 4.46. The summed E-state index contributed by atoms with van der Waals surface area (Å²) in [6.45, 7) is 1.92. The lowest BCUT2D eigenvalue weighted by molar-refractivity contribution is -0.383. The summed E-state index contributed by atoms with van der Waals surface area (Å²) in [7, 11) is 0. The van der Waals surface area contributed by atoms with Crippen LogP contribution in [-0.4, -0.2) is 21.9 Å². The Morgan fingerprint density at radius 1 is 1.20 bits per heavy atom. The Bertz CT molecular complexity index is 1050. The van der Waals surface area contributed by atoms with Crippen molar-refractivity contribution in [2.24, 2.45) is 0 Å². The van der Waals surface area contributed by atoms with Gasteiger partial charge in [0.25, 0.3) is 5.69 Å². The zero-order chi connectivity index (χ0) is 21.5. The Balaban J connectivity index is 1.61. The third kappa shape index (κ3) is 5.45. The first kappa shape index (κ1) is 21.1. The van der Waals surface area contributed by atoms with E-state index in [4.69, 9.17) is 16.3 Å². The number of rotatable bonds is 8. The fourth-order valence-electron chi connectivity index (χ4n) is 2.64. The van der Waals surface area contributed by atoms with E-state index < -0.39 is 16.9 Å². The predicted octanol–water partition coefficient (Wildman–Crippen LogP) is 4.66. The minimum absolute atomic E-state index is 0.137. The minimum Gasteiger partial charge on any atom is -0.486 e. The summed E-state index contributed by atoms with van der Waals surface area (Å²) < 4.78 is 5.68. The molecule has 3 rings (SSSR count). The molecule has 154 valence electrons. The van der Waals surface area contributed by atoms with Crippen LogP contribution in [0.3, 0.4) is 0 Å². The molecule has 8 nitrogen and oxygen atoms in total. The van der Waals surface area contributed by atoms with Gasteiger partial charge in [0.05, 0.1) is 15.6 Å². The molecule has 0 aliphatic heterocycles. The second-order valence-electron chi connectivity index (χ2n) is 6.38. The summed E-state index contributed by atoms with van der Waals surface area (Å²) in [6, 6.07) is 15.9. The average molecular weight is 427 g/mol. The van der Waals surface area contributed by atoms with Crippen molar-refractivity contribution >= 4 is 34.6 Å². The lowest BCUT2D eigenvalue weighted by Gasteiger charge is -2.16. The second-order valence-corrected chi connectivity index (χ2v) is 6.79. The summed E-state index contributed by atoms with van der Waals surface area (Å²) in [5.41, 5.74) is 1.35. The number of carbonyl (C=O) groups excluding carboxylic acids is 1. The van der Waals surface area contributed by atoms with Crippen molar-refractivity contribution in [3.8, 4) is 5.75 Å². The number of amides is 1. The number of para-hydroxylation sites is 2. The monoisotopic (exact) mass is 426 g/mol. The number of nitrogens with zero attached hydrogens (tertiary/aromatic N) is 2. The predicted molar refractivity (Wildman–Crippen MR) is 115 cm³/mol. The van der Waals surface area contributed by atoms with Gasteiger partial charge in [-0.1, -0.05) is 29.8 Å². The second kappa shape index (κ2) is 9.71. The lowest BCUT2D eigenvalue weighted by atomic mass is 10.2. The highest BCUT2D eigenvalue weighted by Gasteiger charge is 2.19.